The van der Waals surface area contributed by atoms with Crippen LogP contribution in [0.3, 0.4) is 0 Å². The summed E-state index contributed by atoms with van der Waals surface area (Å²) in [6.07, 6.45) is -5.70. The number of aliphatic hydroxyl groups is 2. The molecule has 8 nitrogen and oxygen atoms in total. The number of aliphatic hydroxyl groups excluding tert-OH is 2. The van der Waals surface area contributed by atoms with Gasteiger partial charge in [-0.1, -0.05) is 32.5 Å². The molecule has 4 N–H and O–H groups in total. The molecule has 2 heterocycles. The van der Waals surface area contributed by atoms with Gasteiger partial charge in [-0.2, -0.15) is 0 Å². The molecule has 1 unspecified atom stereocenters. The van der Waals surface area contributed by atoms with E-state index in [0.717, 1.165) is 0 Å². The van der Waals surface area contributed by atoms with Gasteiger partial charge in [0.15, 0.2) is 5.17 Å². The Bertz CT molecular complexity index is 480. The lowest BCUT2D eigenvalue weighted by atomic mass is 9.81. The van der Waals surface area contributed by atoms with Gasteiger partial charge in [-0.05, 0) is 6.92 Å². The molecule has 23 heavy (non-hydrogen) atoms. The topological polar surface area (TPSA) is 121 Å². The summed E-state index contributed by atoms with van der Waals surface area (Å²) in [4.78, 5) is 15.2. The highest BCUT2D eigenvalue weighted by molar-refractivity contribution is 8.14. The fourth-order valence-corrected chi connectivity index (χ4v) is 3.94. The van der Waals surface area contributed by atoms with Gasteiger partial charge in [-0.3, -0.25) is 4.99 Å². The minimum absolute atomic E-state index is 0.467. The van der Waals surface area contributed by atoms with E-state index in [2.05, 4.69) is 10.3 Å². The minimum Gasteiger partial charge on any atom is -0.450 e. The average molecular weight is 348 g/mol. The van der Waals surface area contributed by atoms with E-state index in [9.17, 15) is 15.0 Å². The van der Waals surface area contributed by atoms with Crippen molar-refractivity contribution < 1.29 is 29.6 Å². The molecule has 2 rings (SSSR count). The highest BCUT2D eigenvalue weighted by Crippen LogP contribution is 2.38. The molecule has 0 saturated carbocycles. The Kier molecular flexibility index (Phi) is 5.44. The second kappa shape index (κ2) is 6.84. The van der Waals surface area contributed by atoms with Crippen molar-refractivity contribution in [2.75, 3.05) is 6.54 Å². The summed E-state index contributed by atoms with van der Waals surface area (Å²) >= 11 is 1.32. The van der Waals surface area contributed by atoms with Gasteiger partial charge >= 0.3 is 6.16 Å². The molecule has 0 radical (unpaired) electrons. The second-order valence-electron chi connectivity index (χ2n) is 6.69. The van der Waals surface area contributed by atoms with Crippen molar-refractivity contribution >= 4 is 23.1 Å². The molecular weight excluding hydrogens is 324 g/mol. The third-order valence-electron chi connectivity index (χ3n) is 3.84. The van der Waals surface area contributed by atoms with E-state index in [1.165, 1.54) is 11.8 Å². The van der Waals surface area contributed by atoms with Gasteiger partial charge in [0.2, 0.25) is 0 Å². The molecule has 0 aliphatic carbocycles. The number of rotatable bonds is 3. The SMILES string of the molecule is CCN=C1N[C@@H]2[C@@H](O)[C@H](O)[C@H](C(OC(=O)O)C(C)(C)C)O[C@@H]2S1. The average Bonchev–Trinajstić information content (AvgIpc) is 2.82. The number of ether oxygens (including phenoxy) is 2. The Morgan fingerprint density at radius 1 is 1.43 bits per heavy atom. The lowest BCUT2D eigenvalue weighted by molar-refractivity contribution is -0.205. The first kappa shape index (κ1) is 18.3. The number of amidine groups is 1. The van der Waals surface area contributed by atoms with Crippen LogP contribution in [0.5, 0.6) is 0 Å². The smallest absolute Gasteiger partial charge is 0.450 e. The largest absolute Gasteiger partial charge is 0.506 e. The number of carbonyl (C=O) groups is 1. The van der Waals surface area contributed by atoms with E-state index in [4.69, 9.17) is 14.6 Å². The first-order valence-electron chi connectivity index (χ1n) is 7.54. The van der Waals surface area contributed by atoms with E-state index < -0.39 is 47.5 Å². The summed E-state index contributed by atoms with van der Waals surface area (Å²) < 4.78 is 10.8. The van der Waals surface area contributed by atoms with Gasteiger partial charge in [0.1, 0.15) is 29.9 Å². The van der Waals surface area contributed by atoms with Crippen LogP contribution in [-0.2, 0) is 9.47 Å². The van der Waals surface area contributed by atoms with Crippen LogP contribution in [0, 0.1) is 5.41 Å². The van der Waals surface area contributed by atoms with Crippen molar-refractivity contribution in [3.63, 3.8) is 0 Å². The molecule has 0 bridgehead atoms. The van der Waals surface area contributed by atoms with Gasteiger partial charge in [0.25, 0.3) is 0 Å². The van der Waals surface area contributed by atoms with Crippen LogP contribution in [0.2, 0.25) is 0 Å². The van der Waals surface area contributed by atoms with Crippen molar-refractivity contribution in [3.05, 3.63) is 0 Å². The number of hydrogen-bond acceptors (Lipinski definition) is 7. The fraction of sp³-hybridized carbons (Fsp3) is 0.857. The quantitative estimate of drug-likeness (QED) is 0.548. The van der Waals surface area contributed by atoms with Crippen LogP contribution in [-0.4, -0.2) is 69.1 Å². The van der Waals surface area contributed by atoms with Crippen LogP contribution in [0.1, 0.15) is 27.7 Å². The molecule has 0 aromatic carbocycles. The van der Waals surface area contributed by atoms with Gasteiger partial charge in [-0.25, -0.2) is 4.79 Å². The molecule has 2 aliphatic rings. The van der Waals surface area contributed by atoms with Gasteiger partial charge in [-0.15, -0.1) is 0 Å². The number of aliphatic imine (C=N–C) groups is 1. The molecule has 0 aromatic heterocycles. The van der Waals surface area contributed by atoms with Crippen LogP contribution >= 0.6 is 11.8 Å². The van der Waals surface area contributed by atoms with E-state index in [-0.39, 0.29) is 0 Å². The zero-order chi connectivity index (χ0) is 17.4. The Labute approximate surface area is 139 Å². The first-order chi connectivity index (χ1) is 10.6. The predicted octanol–water partition coefficient (Wildman–Crippen LogP) is 0.623. The molecule has 0 aromatic rings. The lowest BCUT2D eigenvalue weighted by Crippen LogP contribution is -2.63. The summed E-state index contributed by atoms with van der Waals surface area (Å²) in [5, 5.41) is 33.4. The predicted molar refractivity (Wildman–Crippen MR) is 85.5 cm³/mol. The zero-order valence-corrected chi connectivity index (χ0v) is 14.4. The molecule has 6 atom stereocenters. The van der Waals surface area contributed by atoms with E-state index >= 15 is 0 Å². The number of nitrogens with zero attached hydrogens (tertiary/aromatic N) is 1. The van der Waals surface area contributed by atoms with E-state index in [1.54, 1.807) is 20.8 Å². The van der Waals surface area contributed by atoms with Crippen LogP contribution in [0.4, 0.5) is 4.79 Å². The number of nitrogens with one attached hydrogen (secondary N) is 1. The Morgan fingerprint density at radius 2 is 2.09 bits per heavy atom. The number of fused-ring (bicyclic) bond motifs is 1. The molecular formula is C14H24N2O6S. The highest BCUT2D eigenvalue weighted by atomic mass is 32.2. The second-order valence-corrected chi connectivity index (χ2v) is 7.78. The third-order valence-corrected chi connectivity index (χ3v) is 4.95. The van der Waals surface area contributed by atoms with Crippen molar-refractivity contribution in [2.45, 2.75) is 63.6 Å². The molecule has 0 spiro atoms. The maximum Gasteiger partial charge on any atom is 0.506 e. The van der Waals surface area contributed by atoms with Crippen molar-refractivity contribution in [3.8, 4) is 0 Å². The number of carboxylic acid groups (broad SMARTS) is 1. The van der Waals surface area contributed by atoms with Gasteiger partial charge in [0, 0.05) is 12.0 Å². The minimum atomic E-state index is -1.44. The normalized spacial score (nSPS) is 37.1. The molecule has 9 heteroatoms. The van der Waals surface area contributed by atoms with Crippen molar-refractivity contribution in [2.24, 2.45) is 10.4 Å². The van der Waals surface area contributed by atoms with Crippen LogP contribution in [0.25, 0.3) is 0 Å². The van der Waals surface area contributed by atoms with E-state index in [0.29, 0.717) is 11.7 Å². The Hall–Kier alpha value is -1.03. The van der Waals surface area contributed by atoms with Gasteiger partial charge in [0.05, 0.1) is 6.04 Å². The summed E-state index contributed by atoms with van der Waals surface area (Å²) in [5.41, 5.74) is -1.07. The summed E-state index contributed by atoms with van der Waals surface area (Å²) in [7, 11) is 0. The maximum absolute atomic E-state index is 11.0. The van der Waals surface area contributed by atoms with Gasteiger partial charge < -0.3 is 30.1 Å². The summed E-state index contributed by atoms with van der Waals surface area (Å²) in [6, 6.07) is -0.498. The lowest BCUT2D eigenvalue weighted by Gasteiger charge is -2.44. The molecule has 2 saturated heterocycles. The van der Waals surface area contributed by atoms with Crippen molar-refractivity contribution in [1.82, 2.24) is 5.32 Å². The highest BCUT2D eigenvalue weighted by Gasteiger charge is 2.53. The fourth-order valence-electron chi connectivity index (χ4n) is 2.75. The molecule has 2 aliphatic heterocycles. The zero-order valence-electron chi connectivity index (χ0n) is 13.6. The Morgan fingerprint density at radius 3 is 2.61 bits per heavy atom. The summed E-state index contributed by atoms with van der Waals surface area (Å²) in [6.45, 7) is 7.85. The molecule has 2 fully saturated rings. The maximum atomic E-state index is 11.0. The number of thioether (sulfide) groups is 1. The van der Waals surface area contributed by atoms with Crippen LogP contribution < -0.4 is 5.32 Å². The van der Waals surface area contributed by atoms with Crippen LogP contribution in [0.15, 0.2) is 4.99 Å². The van der Waals surface area contributed by atoms with E-state index in [1.807, 2.05) is 6.92 Å². The number of hydrogen-bond donors (Lipinski definition) is 4. The third kappa shape index (κ3) is 3.90. The first-order valence-corrected chi connectivity index (χ1v) is 8.42. The summed E-state index contributed by atoms with van der Waals surface area (Å²) in [5.74, 6) is 0. The molecule has 0 amide bonds. The van der Waals surface area contributed by atoms with Crippen molar-refractivity contribution in [1.29, 1.82) is 0 Å². The molecule has 132 valence electrons. The Balaban J connectivity index is 2.23. The monoisotopic (exact) mass is 348 g/mol. The standard InChI is InChI=1S/C14H24N2O6S/c1-5-15-12-16-6-7(17)8(18)9(21-11(6)23-12)10(14(2,3)4)22-13(19)20/h6-11,17-18H,5H2,1-4H3,(H,15,16)(H,19,20)/t6-,7-,8+,9-,10?,11-/m1/s1.